The highest BCUT2D eigenvalue weighted by Crippen LogP contribution is 2.41. The van der Waals surface area contributed by atoms with Gasteiger partial charge in [0.05, 0.1) is 5.69 Å². The Balaban J connectivity index is 3.31. The lowest BCUT2D eigenvalue weighted by Crippen LogP contribution is -2.21. The minimum absolute atomic E-state index is 0.227. The van der Waals surface area contributed by atoms with E-state index in [1.165, 1.54) is 13.8 Å². The summed E-state index contributed by atoms with van der Waals surface area (Å²) in [5.74, 6) is 0. The van der Waals surface area contributed by atoms with Crippen molar-refractivity contribution < 1.29 is 18.3 Å². The van der Waals surface area contributed by atoms with Crippen LogP contribution in [0.1, 0.15) is 24.4 Å². The van der Waals surface area contributed by atoms with Gasteiger partial charge >= 0.3 is 6.18 Å². The van der Waals surface area contributed by atoms with Crippen LogP contribution in [0.3, 0.4) is 0 Å². The molecule has 1 aromatic heterocycles. The molecule has 1 heterocycles. The SMILES string of the molecule is CC(C)(O)c1nc(Cl)sc1C(F)(F)F. The Hall–Kier alpha value is -0.330. The molecule has 1 rings (SSSR count). The second-order valence-corrected chi connectivity index (χ2v) is 4.78. The zero-order valence-electron chi connectivity index (χ0n) is 7.31. The lowest BCUT2D eigenvalue weighted by atomic mass is 10.0. The molecule has 0 saturated heterocycles. The molecule has 0 amide bonds. The Labute approximate surface area is 87.3 Å². The molecule has 0 saturated carbocycles. The van der Waals surface area contributed by atoms with Crippen molar-refractivity contribution in [3.05, 3.63) is 15.0 Å². The Morgan fingerprint density at radius 3 is 2.14 bits per heavy atom. The zero-order valence-corrected chi connectivity index (χ0v) is 8.89. The van der Waals surface area contributed by atoms with Gasteiger partial charge in [0.25, 0.3) is 0 Å². The summed E-state index contributed by atoms with van der Waals surface area (Å²) in [5.41, 5.74) is -2.07. The molecule has 0 radical (unpaired) electrons. The number of thiazole rings is 1. The molecule has 0 bridgehead atoms. The van der Waals surface area contributed by atoms with Crippen molar-refractivity contribution in [2.45, 2.75) is 25.6 Å². The van der Waals surface area contributed by atoms with Gasteiger partial charge in [0.1, 0.15) is 10.5 Å². The van der Waals surface area contributed by atoms with Crippen LogP contribution in [0.5, 0.6) is 0 Å². The monoisotopic (exact) mass is 245 g/mol. The van der Waals surface area contributed by atoms with Crippen LogP contribution < -0.4 is 0 Å². The summed E-state index contributed by atoms with van der Waals surface area (Å²) >= 11 is 5.69. The normalized spacial score (nSPS) is 13.4. The van der Waals surface area contributed by atoms with Gasteiger partial charge in [-0.1, -0.05) is 22.9 Å². The Bertz CT molecular complexity index is 310. The summed E-state index contributed by atoms with van der Waals surface area (Å²) in [5, 5.41) is 9.43. The van der Waals surface area contributed by atoms with Crippen LogP contribution in [0.15, 0.2) is 0 Å². The summed E-state index contributed by atoms with van der Waals surface area (Å²) in [6, 6.07) is 0. The van der Waals surface area contributed by atoms with Crippen molar-refractivity contribution in [3.8, 4) is 0 Å². The minimum atomic E-state index is -4.53. The molecular weight excluding hydrogens is 239 g/mol. The number of hydrogen-bond acceptors (Lipinski definition) is 3. The molecule has 0 aliphatic heterocycles. The van der Waals surface area contributed by atoms with Crippen LogP contribution in [0.4, 0.5) is 13.2 Å². The number of nitrogens with zero attached hydrogens (tertiary/aromatic N) is 1. The molecule has 7 heteroatoms. The van der Waals surface area contributed by atoms with Crippen LogP contribution in [0.25, 0.3) is 0 Å². The van der Waals surface area contributed by atoms with Crippen molar-refractivity contribution in [3.63, 3.8) is 0 Å². The van der Waals surface area contributed by atoms with E-state index in [2.05, 4.69) is 4.98 Å². The van der Waals surface area contributed by atoms with Gasteiger partial charge in [-0.2, -0.15) is 13.2 Å². The first kappa shape index (κ1) is 11.7. The van der Waals surface area contributed by atoms with E-state index >= 15 is 0 Å². The van der Waals surface area contributed by atoms with Crippen LogP contribution in [-0.2, 0) is 11.8 Å². The molecule has 0 atom stereocenters. The zero-order chi connectivity index (χ0) is 11.1. The van der Waals surface area contributed by atoms with Crippen molar-refractivity contribution in [2.75, 3.05) is 0 Å². The van der Waals surface area contributed by atoms with Gasteiger partial charge in [0, 0.05) is 0 Å². The Morgan fingerprint density at radius 2 is 1.86 bits per heavy atom. The maximum atomic E-state index is 12.4. The van der Waals surface area contributed by atoms with Gasteiger partial charge in [-0.3, -0.25) is 0 Å². The van der Waals surface area contributed by atoms with Crippen LogP contribution in [-0.4, -0.2) is 10.1 Å². The third kappa shape index (κ3) is 2.37. The summed E-state index contributed by atoms with van der Waals surface area (Å²) in [6.45, 7) is 2.46. The lowest BCUT2D eigenvalue weighted by molar-refractivity contribution is -0.137. The molecular formula is C7H7ClF3NOS. The third-order valence-corrected chi connectivity index (χ3v) is 2.64. The van der Waals surface area contributed by atoms with Gasteiger partial charge in [0.15, 0.2) is 4.47 Å². The second kappa shape index (κ2) is 3.36. The quantitative estimate of drug-likeness (QED) is 0.825. The molecule has 0 fully saturated rings. The highest BCUT2D eigenvalue weighted by Gasteiger charge is 2.40. The van der Waals surface area contributed by atoms with Crippen LogP contribution in [0.2, 0.25) is 4.47 Å². The first-order chi connectivity index (χ1) is 6.12. The lowest BCUT2D eigenvalue weighted by Gasteiger charge is -2.17. The molecule has 2 nitrogen and oxygen atoms in total. The van der Waals surface area contributed by atoms with Gasteiger partial charge in [0.2, 0.25) is 0 Å². The number of alkyl halides is 3. The van der Waals surface area contributed by atoms with E-state index < -0.39 is 22.3 Å². The third-order valence-electron chi connectivity index (χ3n) is 1.44. The predicted molar refractivity (Wildman–Crippen MR) is 47.4 cm³/mol. The molecule has 14 heavy (non-hydrogen) atoms. The van der Waals surface area contributed by atoms with Crippen molar-refractivity contribution >= 4 is 22.9 Å². The van der Waals surface area contributed by atoms with E-state index in [1.807, 2.05) is 0 Å². The van der Waals surface area contributed by atoms with E-state index in [1.54, 1.807) is 0 Å². The van der Waals surface area contributed by atoms with E-state index in [9.17, 15) is 18.3 Å². The predicted octanol–water partition coefficient (Wildman–Crippen LogP) is 3.04. The molecule has 0 aliphatic rings. The topological polar surface area (TPSA) is 33.1 Å². The fraction of sp³-hybridized carbons (Fsp3) is 0.571. The van der Waals surface area contributed by atoms with Crippen molar-refractivity contribution in [1.29, 1.82) is 0 Å². The number of aromatic nitrogens is 1. The molecule has 0 spiro atoms. The Kier molecular flexibility index (Phi) is 2.82. The Morgan fingerprint density at radius 1 is 1.36 bits per heavy atom. The maximum Gasteiger partial charge on any atom is 0.427 e. The van der Waals surface area contributed by atoms with Gasteiger partial charge in [-0.25, -0.2) is 4.98 Å². The largest absolute Gasteiger partial charge is 0.427 e. The fourth-order valence-electron chi connectivity index (χ4n) is 0.901. The standard InChI is InChI=1S/C7H7ClF3NOS/c1-6(2,13)3-4(7(9,10)11)14-5(8)12-3/h13H,1-2H3. The van der Waals surface area contributed by atoms with E-state index in [-0.39, 0.29) is 4.47 Å². The first-order valence-corrected chi connectivity index (χ1v) is 4.78. The van der Waals surface area contributed by atoms with Crippen molar-refractivity contribution in [2.24, 2.45) is 0 Å². The first-order valence-electron chi connectivity index (χ1n) is 3.58. The number of halogens is 4. The van der Waals surface area contributed by atoms with E-state index in [0.29, 0.717) is 11.3 Å². The number of hydrogen-bond donors (Lipinski definition) is 1. The molecule has 0 unspecified atom stereocenters. The average Bonchev–Trinajstić information content (AvgIpc) is 2.27. The molecule has 80 valence electrons. The molecule has 0 aliphatic carbocycles. The number of aliphatic hydroxyl groups is 1. The maximum absolute atomic E-state index is 12.4. The second-order valence-electron chi connectivity index (χ2n) is 3.20. The molecule has 1 N–H and O–H groups in total. The summed E-state index contributed by atoms with van der Waals surface area (Å²) in [6.07, 6.45) is -4.53. The van der Waals surface area contributed by atoms with E-state index in [4.69, 9.17) is 11.6 Å². The van der Waals surface area contributed by atoms with Gasteiger partial charge in [-0.05, 0) is 13.8 Å². The van der Waals surface area contributed by atoms with Crippen molar-refractivity contribution in [1.82, 2.24) is 4.98 Å². The van der Waals surface area contributed by atoms with Crippen LogP contribution in [0, 0.1) is 0 Å². The summed E-state index contributed by atoms with van der Waals surface area (Å²) in [4.78, 5) is 2.51. The van der Waals surface area contributed by atoms with Gasteiger partial charge in [-0.15, -0.1) is 0 Å². The van der Waals surface area contributed by atoms with Crippen LogP contribution >= 0.6 is 22.9 Å². The molecule has 0 aromatic carbocycles. The smallest absolute Gasteiger partial charge is 0.384 e. The average molecular weight is 246 g/mol. The number of rotatable bonds is 1. The van der Waals surface area contributed by atoms with E-state index in [0.717, 1.165) is 0 Å². The minimum Gasteiger partial charge on any atom is -0.384 e. The highest BCUT2D eigenvalue weighted by molar-refractivity contribution is 7.16. The highest BCUT2D eigenvalue weighted by atomic mass is 35.5. The molecule has 1 aromatic rings. The summed E-state index contributed by atoms with van der Waals surface area (Å²) in [7, 11) is 0. The van der Waals surface area contributed by atoms with Gasteiger partial charge < -0.3 is 5.11 Å². The fourth-order valence-corrected chi connectivity index (χ4v) is 2.03. The summed E-state index contributed by atoms with van der Waals surface area (Å²) < 4.78 is 37.0.